The van der Waals surface area contributed by atoms with E-state index in [2.05, 4.69) is 5.32 Å². The van der Waals surface area contributed by atoms with Crippen LogP contribution in [0.1, 0.15) is 27.7 Å². The summed E-state index contributed by atoms with van der Waals surface area (Å²) in [5.74, 6) is -0.798. The molecule has 0 saturated heterocycles. The third kappa shape index (κ3) is 3.41. The number of benzene rings is 1. The number of rotatable bonds is 4. The number of thiophene rings is 1. The molecule has 0 saturated carbocycles. The average molecular weight is 277 g/mol. The van der Waals surface area contributed by atoms with E-state index in [0.29, 0.717) is 5.56 Å². The fourth-order valence-corrected chi connectivity index (χ4v) is 2.74. The first-order chi connectivity index (χ1) is 9.08. The Hall–Kier alpha value is -1.68. The zero-order valence-corrected chi connectivity index (χ0v) is 11.8. The molecule has 1 heterocycles. The fourth-order valence-electron chi connectivity index (χ4n) is 1.91. The molecule has 1 atom stereocenters. The van der Waals surface area contributed by atoms with Crippen LogP contribution in [0.5, 0.6) is 0 Å². The molecule has 1 aromatic heterocycles. The van der Waals surface area contributed by atoms with E-state index in [4.69, 9.17) is 0 Å². The first-order valence-corrected chi connectivity index (χ1v) is 7.04. The van der Waals surface area contributed by atoms with E-state index < -0.39 is 5.82 Å². The van der Waals surface area contributed by atoms with E-state index in [-0.39, 0.29) is 17.5 Å². The van der Waals surface area contributed by atoms with Gasteiger partial charge in [-0.05, 0) is 36.9 Å². The van der Waals surface area contributed by atoms with Crippen LogP contribution in [0.15, 0.2) is 35.7 Å². The van der Waals surface area contributed by atoms with Gasteiger partial charge in [-0.1, -0.05) is 18.2 Å². The summed E-state index contributed by atoms with van der Waals surface area (Å²) in [4.78, 5) is 13.2. The van der Waals surface area contributed by atoms with Gasteiger partial charge in [0.2, 0.25) is 0 Å². The summed E-state index contributed by atoms with van der Waals surface area (Å²) >= 11 is 1.65. The van der Waals surface area contributed by atoms with Crippen LogP contribution < -0.4 is 5.32 Å². The Bertz CT molecular complexity index is 566. The lowest BCUT2D eigenvalue weighted by Gasteiger charge is -2.13. The summed E-state index contributed by atoms with van der Waals surface area (Å²) in [6.45, 7) is 3.58. The standard InChI is InChI=1S/C15H16FNOS/c1-10-5-3-7-13(14(10)16)15(18)17-11(2)9-12-6-4-8-19-12/h3-8,11H,9H2,1-2H3,(H,17,18). The Morgan fingerprint density at radius 3 is 2.84 bits per heavy atom. The van der Waals surface area contributed by atoms with Crippen LogP contribution in [0.2, 0.25) is 0 Å². The first-order valence-electron chi connectivity index (χ1n) is 6.16. The molecule has 0 aliphatic heterocycles. The number of carbonyl (C=O) groups excluding carboxylic acids is 1. The second-order valence-electron chi connectivity index (χ2n) is 4.59. The van der Waals surface area contributed by atoms with Gasteiger partial charge in [0.05, 0.1) is 5.56 Å². The molecule has 1 aromatic carbocycles. The molecule has 0 spiro atoms. The Labute approximate surface area is 116 Å². The highest BCUT2D eigenvalue weighted by molar-refractivity contribution is 7.09. The molecule has 2 aromatic rings. The van der Waals surface area contributed by atoms with Crippen molar-refractivity contribution in [2.75, 3.05) is 0 Å². The van der Waals surface area contributed by atoms with Crippen molar-refractivity contribution in [3.8, 4) is 0 Å². The molecule has 19 heavy (non-hydrogen) atoms. The molecule has 0 bridgehead atoms. The summed E-state index contributed by atoms with van der Waals surface area (Å²) in [6, 6.07) is 8.84. The zero-order valence-electron chi connectivity index (χ0n) is 10.9. The lowest BCUT2D eigenvalue weighted by atomic mass is 10.1. The molecule has 2 rings (SSSR count). The Morgan fingerprint density at radius 1 is 1.37 bits per heavy atom. The summed E-state index contributed by atoms with van der Waals surface area (Å²) < 4.78 is 13.8. The molecule has 0 fully saturated rings. The van der Waals surface area contributed by atoms with Crippen molar-refractivity contribution in [1.82, 2.24) is 5.32 Å². The van der Waals surface area contributed by atoms with Gasteiger partial charge in [-0.25, -0.2) is 4.39 Å². The topological polar surface area (TPSA) is 29.1 Å². The predicted octanol–water partition coefficient (Wildman–Crippen LogP) is 3.56. The van der Waals surface area contributed by atoms with Gasteiger partial charge in [-0.2, -0.15) is 0 Å². The largest absolute Gasteiger partial charge is 0.349 e. The van der Waals surface area contributed by atoms with E-state index >= 15 is 0 Å². The molecule has 0 aliphatic rings. The third-order valence-corrected chi connectivity index (χ3v) is 3.80. The van der Waals surface area contributed by atoms with Gasteiger partial charge in [0.25, 0.3) is 5.91 Å². The SMILES string of the molecule is Cc1cccc(C(=O)NC(C)Cc2cccs2)c1F. The van der Waals surface area contributed by atoms with Crippen LogP contribution in [0.4, 0.5) is 4.39 Å². The number of hydrogen-bond acceptors (Lipinski definition) is 2. The maximum Gasteiger partial charge on any atom is 0.254 e. The number of halogens is 1. The molecule has 2 nitrogen and oxygen atoms in total. The molecule has 4 heteroatoms. The Balaban J connectivity index is 2.02. The van der Waals surface area contributed by atoms with Crippen molar-refractivity contribution < 1.29 is 9.18 Å². The minimum Gasteiger partial charge on any atom is -0.349 e. The van der Waals surface area contributed by atoms with E-state index in [0.717, 1.165) is 6.42 Å². The number of carbonyl (C=O) groups is 1. The monoisotopic (exact) mass is 277 g/mol. The van der Waals surface area contributed by atoms with Crippen LogP contribution in [-0.4, -0.2) is 11.9 Å². The van der Waals surface area contributed by atoms with Gasteiger partial charge in [0, 0.05) is 17.3 Å². The number of hydrogen-bond donors (Lipinski definition) is 1. The van der Waals surface area contributed by atoms with Gasteiger partial charge < -0.3 is 5.32 Å². The Kier molecular flexibility index (Phi) is 4.32. The van der Waals surface area contributed by atoms with Gasteiger partial charge in [0.1, 0.15) is 5.82 Å². The average Bonchev–Trinajstić information content (AvgIpc) is 2.85. The number of amides is 1. The molecule has 1 N–H and O–H groups in total. The highest BCUT2D eigenvalue weighted by atomic mass is 32.1. The van der Waals surface area contributed by atoms with Crippen molar-refractivity contribution in [3.63, 3.8) is 0 Å². The van der Waals surface area contributed by atoms with Crippen LogP contribution in [0, 0.1) is 12.7 Å². The lowest BCUT2D eigenvalue weighted by molar-refractivity contribution is 0.0936. The van der Waals surface area contributed by atoms with Gasteiger partial charge in [0.15, 0.2) is 0 Å². The van der Waals surface area contributed by atoms with Gasteiger partial charge in [-0.15, -0.1) is 11.3 Å². The maximum absolute atomic E-state index is 13.8. The van der Waals surface area contributed by atoms with Crippen LogP contribution in [0.3, 0.4) is 0 Å². The summed E-state index contributed by atoms with van der Waals surface area (Å²) in [5.41, 5.74) is 0.594. The maximum atomic E-state index is 13.8. The van der Waals surface area contributed by atoms with Gasteiger partial charge in [-0.3, -0.25) is 4.79 Å². The van der Waals surface area contributed by atoms with E-state index in [9.17, 15) is 9.18 Å². The molecule has 1 amide bonds. The van der Waals surface area contributed by atoms with Crippen LogP contribution in [-0.2, 0) is 6.42 Å². The molecule has 1 unspecified atom stereocenters. The van der Waals surface area contributed by atoms with E-state index in [1.165, 1.54) is 10.9 Å². The van der Waals surface area contributed by atoms with Crippen LogP contribution >= 0.6 is 11.3 Å². The summed E-state index contributed by atoms with van der Waals surface area (Å²) in [7, 11) is 0. The Morgan fingerprint density at radius 2 is 2.16 bits per heavy atom. The van der Waals surface area contributed by atoms with E-state index in [1.807, 2.05) is 24.4 Å². The van der Waals surface area contributed by atoms with E-state index in [1.54, 1.807) is 30.4 Å². The highest BCUT2D eigenvalue weighted by Crippen LogP contribution is 2.14. The number of nitrogens with one attached hydrogen (secondary N) is 1. The third-order valence-electron chi connectivity index (χ3n) is 2.90. The van der Waals surface area contributed by atoms with Gasteiger partial charge >= 0.3 is 0 Å². The molecule has 0 radical (unpaired) electrons. The summed E-state index contributed by atoms with van der Waals surface area (Å²) in [6.07, 6.45) is 0.761. The lowest BCUT2D eigenvalue weighted by Crippen LogP contribution is -2.34. The predicted molar refractivity (Wildman–Crippen MR) is 76.1 cm³/mol. The zero-order chi connectivity index (χ0) is 13.8. The normalized spacial score (nSPS) is 12.2. The van der Waals surface area contributed by atoms with Crippen molar-refractivity contribution in [2.45, 2.75) is 26.3 Å². The molecule has 0 aliphatic carbocycles. The van der Waals surface area contributed by atoms with Crippen molar-refractivity contribution in [1.29, 1.82) is 0 Å². The highest BCUT2D eigenvalue weighted by Gasteiger charge is 2.15. The second kappa shape index (κ2) is 5.97. The minimum atomic E-state index is -0.441. The van der Waals surface area contributed by atoms with Crippen molar-refractivity contribution >= 4 is 17.2 Å². The summed E-state index contributed by atoms with van der Waals surface area (Å²) in [5, 5.41) is 4.83. The van der Waals surface area contributed by atoms with Crippen molar-refractivity contribution in [3.05, 3.63) is 57.5 Å². The molecular formula is C15H16FNOS. The fraction of sp³-hybridized carbons (Fsp3) is 0.267. The first kappa shape index (κ1) is 13.7. The quantitative estimate of drug-likeness (QED) is 0.909. The van der Waals surface area contributed by atoms with Crippen molar-refractivity contribution in [2.24, 2.45) is 0 Å². The molecular weight excluding hydrogens is 261 g/mol. The second-order valence-corrected chi connectivity index (χ2v) is 5.63. The molecule has 100 valence electrons. The minimum absolute atomic E-state index is 0.0222. The van der Waals surface area contributed by atoms with Crippen LogP contribution in [0.25, 0.3) is 0 Å². The number of aryl methyl sites for hydroxylation is 1. The smallest absolute Gasteiger partial charge is 0.254 e.